The number of ether oxygens (including phenoxy) is 1. The number of morpholine rings is 1. The Labute approximate surface area is 189 Å². The molecule has 4 rings (SSSR count). The van der Waals surface area contributed by atoms with Gasteiger partial charge in [-0.15, -0.1) is 0 Å². The first-order chi connectivity index (χ1) is 14.5. The Morgan fingerprint density at radius 1 is 1.03 bits per heavy atom. The van der Waals surface area contributed by atoms with Gasteiger partial charge in [-0.3, -0.25) is 25.2 Å². The van der Waals surface area contributed by atoms with Gasteiger partial charge >= 0.3 is 0 Å². The number of Topliss-reactive ketones (excluding diaryl/α,β-unsaturated/α-hetero) is 1. The normalized spacial score (nSPS) is 14.3. The summed E-state index contributed by atoms with van der Waals surface area (Å²) >= 11 is 0. The minimum atomic E-state index is -0.517. The van der Waals surface area contributed by atoms with Crippen molar-refractivity contribution in [2.45, 2.75) is 13.1 Å². The largest absolute Gasteiger partial charge is 1.00 e. The molecule has 1 aliphatic rings. The summed E-state index contributed by atoms with van der Waals surface area (Å²) in [6.07, 6.45) is 0. The van der Waals surface area contributed by atoms with Gasteiger partial charge in [-0.05, 0) is 12.1 Å². The number of hydrogen-bond acceptors (Lipinski definition) is 6. The Bertz CT molecular complexity index is 1150. The third-order valence-electron chi connectivity index (χ3n) is 5.40. The van der Waals surface area contributed by atoms with Crippen LogP contribution >= 0.6 is 0 Å². The van der Waals surface area contributed by atoms with Crippen LogP contribution in [0.1, 0.15) is 10.4 Å². The number of ketones is 1. The third kappa shape index (κ3) is 4.92. The summed E-state index contributed by atoms with van der Waals surface area (Å²) in [5.74, 6) is -0.270. The van der Waals surface area contributed by atoms with E-state index in [-0.39, 0.29) is 46.2 Å². The quantitative estimate of drug-likeness (QED) is 0.262. The molecule has 9 nitrogen and oxygen atoms in total. The van der Waals surface area contributed by atoms with Crippen molar-refractivity contribution in [2.75, 3.05) is 32.8 Å². The van der Waals surface area contributed by atoms with E-state index in [0.717, 1.165) is 43.9 Å². The molecule has 164 valence electrons. The number of carbonyl (C=O) groups excluding carboxylic acids is 1. The fourth-order valence-electron chi connectivity index (χ4n) is 3.77. The van der Waals surface area contributed by atoms with E-state index in [4.69, 9.17) is 10.1 Å². The van der Waals surface area contributed by atoms with Crippen LogP contribution in [0.5, 0.6) is 0 Å². The number of nitro groups is 1. The summed E-state index contributed by atoms with van der Waals surface area (Å²) < 4.78 is 8.96. The zero-order valence-corrected chi connectivity index (χ0v) is 18.5. The Morgan fingerprint density at radius 3 is 2.39 bits per heavy atom. The van der Waals surface area contributed by atoms with Crippen molar-refractivity contribution in [1.82, 2.24) is 14.0 Å². The van der Waals surface area contributed by atoms with Crippen molar-refractivity contribution in [2.24, 2.45) is 0 Å². The lowest BCUT2D eigenvalue weighted by molar-refractivity contribution is -0.384. The second kappa shape index (κ2) is 9.99. The first-order valence-electron chi connectivity index (χ1n) is 9.85. The van der Waals surface area contributed by atoms with Gasteiger partial charge in [-0.1, -0.05) is 24.3 Å². The van der Waals surface area contributed by atoms with Crippen LogP contribution in [-0.4, -0.2) is 57.6 Å². The number of rotatable bonds is 7. The molecule has 2 aromatic carbocycles. The van der Waals surface area contributed by atoms with Crippen LogP contribution in [0.4, 0.5) is 5.69 Å². The highest BCUT2D eigenvalue weighted by Gasteiger charge is 2.17. The molecule has 1 fully saturated rings. The van der Waals surface area contributed by atoms with Crippen molar-refractivity contribution < 1.29 is 31.4 Å². The molecule has 0 unspecified atom stereocenters. The number of nitro benzene ring substituents is 1. The molecule has 0 bridgehead atoms. The molecule has 0 aliphatic carbocycles. The van der Waals surface area contributed by atoms with E-state index < -0.39 is 4.92 Å². The number of non-ortho nitro benzene ring substituents is 1. The van der Waals surface area contributed by atoms with E-state index in [1.165, 1.54) is 18.2 Å². The predicted molar refractivity (Wildman–Crippen MR) is 110 cm³/mol. The van der Waals surface area contributed by atoms with Gasteiger partial charge in [0.15, 0.2) is 5.78 Å². The van der Waals surface area contributed by atoms with Gasteiger partial charge in [0.25, 0.3) is 5.69 Å². The molecule has 0 radical (unpaired) electrons. The number of halogens is 1. The van der Waals surface area contributed by atoms with Crippen LogP contribution in [0.15, 0.2) is 48.5 Å². The molecule has 31 heavy (non-hydrogen) atoms. The standard InChI is InChI=1S/C21H23N5O4.BrH/c22-21-24(9-8-23-10-12-30-13-11-23)18-6-1-2-7-19(18)25(21)15-20(27)16-4-3-5-17(14-16)26(28)29;/h1-7,14,22H,8-13,15H2;1H/p-1. The fraction of sp³-hybridized carbons (Fsp3) is 0.333. The van der Waals surface area contributed by atoms with Gasteiger partial charge < -0.3 is 30.9 Å². The maximum absolute atomic E-state index is 12.8. The lowest BCUT2D eigenvalue weighted by Crippen LogP contribution is -3.00. The van der Waals surface area contributed by atoms with Crippen LogP contribution in [0, 0.1) is 15.5 Å². The number of para-hydroxylation sites is 2. The van der Waals surface area contributed by atoms with Crippen LogP contribution in [0.25, 0.3) is 11.0 Å². The molecule has 1 saturated heterocycles. The number of aromatic nitrogens is 2. The van der Waals surface area contributed by atoms with Gasteiger partial charge in [0.2, 0.25) is 5.62 Å². The molecule has 1 aliphatic heterocycles. The van der Waals surface area contributed by atoms with Gasteiger partial charge in [0, 0.05) is 43.9 Å². The summed E-state index contributed by atoms with van der Waals surface area (Å²) in [6.45, 7) is 4.57. The van der Waals surface area contributed by atoms with E-state index in [1.54, 1.807) is 10.6 Å². The van der Waals surface area contributed by atoms with Crippen molar-refractivity contribution in [1.29, 1.82) is 5.41 Å². The second-order valence-corrected chi connectivity index (χ2v) is 7.23. The summed E-state index contributed by atoms with van der Waals surface area (Å²) in [5, 5.41) is 19.7. The molecule has 0 amide bonds. The van der Waals surface area contributed by atoms with E-state index in [1.807, 2.05) is 28.8 Å². The van der Waals surface area contributed by atoms with Crippen LogP contribution in [0.2, 0.25) is 0 Å². The molecule has 1 N–H and O–H groups in total. The highest BCUT2D eigenvalue weighted by atomic mass is 79.9. The van der Waals surface area contributed by atoms with E-state index in [0.29, 0.717) is 6.54 Å². The number of carbonyl (C=O) groups is 1. The lowest BCUT2D eigenvalue weighted by atomic mass is 10.1. The predicted octanol–water partition coefficient (Wildman–Crippen LogP) is -0.950. The molecule has 0 atom stereocenters. The SMILES string of the molecule is N=c1n(CCN2CCOCC2)c2ccccc2n1CC(=O)c1cccc([N+](=O)[O-])c1.[Br-]. The highest BCUT2D eigenvalue weighted by Crippen LogP contribution is 2.17. The Balaban J connectivity index is 0.00000272. The monoisotopic (exact) mass is 488 g/mol. The summed E-state index contributed by atoms with van der Waals surface area (Å²) in [6, 6.07) is 13.3. The van der Waals surface area contributed by atoms with Gasteiger partial charge in [0.1, 0.15) is 0 Å². The molecule has 2 heterocycles. The molecular formula is C21H23BrN5O4-. The second-order valence-electron chi connectivity index (χ2n) is 7.23. The third-order valence-corrected chi connectivity index (χ3v) is 5.40. The smallest absolute Gasteiger partial charge is 0.270 e. The van der Waals surface area contributed by atoms with Gasteiger partial charge in [-0.25, -0.2) is 0 Å². The lowest BCUT2D eigenvalue weighted by Gasteiger charge is -2.26. The van der Waals surface area contributed by atoms with Crippen LogP contribution in [-0.2, 0) is 17.8 Å². The minimum absolute atomic E-state index is 0. The van der Waals surface area contributed by atoms with Gasteiger partial charge in [0.05, 0.1) is 35.7 Å². The van der Waals surface area contributed by atoms with E-state index in [2.05, 4.69) is 4.90 Å². The number of nitrogens with one attached hydrogen (secondary N) is 1. The molecule has 3 aromatic rings. The highest BCUT2D eigenvalue weighted by molar-refractivity contribution is 5.97. The summed E-state index contributed by atoms with van der Waals surface area (Å²) in [7, 11) is 0. The van der Waals surface area contributed by atoms with Crippen molar-refractivity contribution in [3.05, 3.63) is 69.8 Å². The summed E-state index contributed by atoms with van der Waals surface area (Å²) in [5.41, 5.74) is 2.07. The first-order valence-corrected chi connectivity index (χ1v) is 9.85. The first kappa shape index (κ1) is 22.9. The van der Waals surface area contributed by atoms with Crippen molar-refractivity contribution in [3.63, 3.8) is 0 Å². The van der Waals surface area contributed by atoms with E-state index in [9.17, 15) is 14.9 Å². The number of nitrogens with zero attached hydrogens (tertiary/aromatic N) is 4. The topological polar surface area (TPSA) is 106 Å². The average Bonchev–Trinajstić information content (AvgIpc) is 3.04. The average molecular weight is 489 g/mol. The number of benzene rings is 2. The molecule has 0 spiro atoms. The Kier molecular flexibility index (Phi) is 7.37. The Hall–Kier alpha value is -2.82. The zero-order chi connectivity index (χ0) is 21.1. The molecule has 1 aromatic heterocycles. The maximum atomic E-state index is 12.8. The number of hydrogen-bond donors (Lipinski definition) is 1. The number of fused-ring (bicyclic) bond motifs is 1. The fourth-order valence-corrected chi connectivity index (χ4v) is 3.77. The minimum Gasteiger partial charge on any atom is -1.00 e. The van der Waals surface area contributed by atoms with E-state index >= 15 is 0 Å². The zero-order valence-electron chi connectivity index (χ0n) is 16.9. The Morgan fingerprint density at radius 2 is 1.71 bits per heavy atom. The molecular weight excluding hydrogens is 466 g/mol. The van der Waals surface area contributed by atoms with Crippen LogP contribution in [0.3, 0.4) is 0 Å². The molecule has 0 saturated carbocycles. The van der Waals surface area contributed by atoms with Crippen LogP contribution < -0.4 is 22.6 Å². The van der Waals surface area contributed by atoms with Crippen molar-refractivity contribution in [3.8, 4) is 0 Å². The maximum Gasteiger partial charge on any atom is 0.270 e. The van der Waals surface area contributed by atoms with Crippen molar-refractivity contribution >= 4 is 22.5 Å². The van der Waals surface area contributed by atoms with Gasteiger partial charge in [-0.2, -0.15) is 0 Å². The molecule has 10 heteroatoms. The number of imidazole rings is 1. The summed E-state index contributed by atoms with van der Waals surface area (Å²) in [4.78, 5) is 25.6.